The van der Waals surface area contributed by atoms with Gasteiger partial charge in [-0.05, 0) is 37.5 Å². The molecule has 1 fully saturated rings. The maximum Gasteiger partial charge on any atom is 0.257 e. The molecular weight excluding hydrogens is 342 g/mol. The number of benzene rings is 1. The number of amides is 1. The van der Waals surface area contributed by atoms with Crippen LogP contribution in [0.4, 0.5) is 0 Å². The van der Waals surface area contributed by atoms with Gasteiger partial charge in [0.15, 0.2) is 0 Å². The van der Waals surface area contributed by atoms with Gasteiger partial charge in [0.2, 0.25) is 0 Å². The van der Waals surface area contributed by atoms with Crippen LogP contribution in [-0.4, -0.2) is 44.0 Å². The summed E-state index contributed by atoms with van der Waals surface area (Å²) in [5.74, 6) is 0.704. The quantitative estimate of drug-likeness (QED) is 0.713. The highest BCUT2D eigenvalue weighted by Crippen LogP contribution is 2.31. The molecule has 1 unspecified atom stereocenters. The fraction of sp³-hybridized carbons (Fsp3) is 0.350. The van der Waals surface area contributed by atoms with Crippen LogP contribution < -0.4 is 4.74 Å². The van der Waals surface area contributed by atoms with Gasteiger partial charge in [-0.3, -0.25) is 9.48 Å². The minimum absolute atomic E-state index is 0.00787. The molecule has 7 heteroatoms. The van der Waals surface area contributed by atoms with Crippen molar-refractivity contribution >= 4 is 5.91 Å². The van der Waals surface area contributed by atoms with E-state index in [0.29, 0.717) is 11.3 Å². The summed E-state index contributed by atoms with van der Waals surface area (Å²) in [7, 11) is 3.52. The Balaban J connectivity index is 1.61. The Kier molecular flexibility index (Phi) is 4.66. The Morgan fingerprint density at radius 2 is 2.07 bits per heavy atom. The molecular formula is C20H23N5O2. The summed E-state index contributed by atoms with van der Waals surface area (Å²) in [5, 5.41) is 8.90. The van der Waals surface area contributed by atoms with Gasteiger partial charge in [0.25, 0.3) is 5.91 Å². The van der Waals surface area contributed by atoms with E-state index >= 15 is 0 Å². The Bertz CT molecular complexity index is 945. The molecule has 1 aliphatic heterocycles. The molecule has 1 atom stereocenters. The van der Waals surface area contributed by atoms with Crippen molar-refractivity contribution in [3.63, 3.8) is 0 Å². The highest BCUT2D eigenvalue weighted by atomic mass is 16.5. The second-order valence-corrected chi connectivity index (χ2v) is 6.77. The van der Waals surface area contributed by atoms with Gasteiger partial charge in [-0.1, -0.05) is 12.1 Å². The summed E-state index contributed by atoms with van der Waals surface area (Å²) >= 11 is 0. The molecule has 1 aromatic carbocycles. The van der Waals surface area contributed by atoms with E-state index in [4.69, 9.17) is 4.74 Å². The number of ether oxygens (including phenoxy) is 1. The van der Waals surface area contributed by atoms with Crippen LogP contribution in [0.2, 0.25) is 0 Å². The predicted octanol–water partition coefficient (Wildman–Crippen LogP) is 2.98. The van der Waals surface area contributed by atoms with E-state index in [9.17, 15) is 4.79 Å². The number of nitrogens with zero attached hydrogens (tertiary/aromatic N) is 5. The Morgan fingerprint density at radius 1 is 1.22 bits per heavy atom. The third kappa shape index (κ3) is 3.32. The van der Waals surface area contributed by atoms with Crippen LogP contribution in [0.25, 0.3) is 5.69 Å². The van der Waals surface area contributed by atoms with Crippen molar-refractivity contribution in [2.45, 2.75) is 25.3 Å². The highest BCUT2D eigenvalue weighted by molar-refractivity contribution is 5.94. The number of hydrogen-bond acceptors (Lipinski definition) is 4. The Hall–Kier alpha value is -3.09. The van der Waals surface area contributed by atoms with Crippen LogP contribution in [0.5, 0.6) is 5.75 Å². The first kappa shape index (κ1) is 17.3. The summed E-state index contributed by atoms with van der Waals surface area (Å²) in [5.41, 5.74) is 2.32. The van der Waals surface area contributed by atoms with E-state index < -0.39 is 0 Å². The molecule has 0 N–H and O–H groups in total. The standard InChI is InChI=1S/C20H23N5O2/c1-23-12-10-16(22-23)17-7-5-6-11-24(17)20(26)15-13-21-25(14-15)18-8-3-4-9-19(18)27-2/h3-4,8-10,12-14,17H,5-7,11H2,1-2H3. The third-order valence-corrected chi connectivity index (χ3v) is 5.00. The van der Waals surface area contributed by atoms with Gasteiger partial charge in [0.05, 0.1) is 30.6 Å². The van der Waals surface area contributed by atoms with Crippen LogP contribution in [0.15, 0.2) is 48.9 Å². The lowest BCUT2D eigenvalue weighted by atomic mass is 9.98. The second kappa shape index (κ2) is 7.26. The number of likely N-dealkylation sites (tertiary alicyclic amines) is 1. The molecule has 0 spiro atoms. The molecule has 4 rings (SSSR count). The normalized spacial score (nSPS) is 17.1. The zero-order chi connectivity index (χ0) is 18.8. The summed E-state index contributed by atoms with van der Waals surface area (Å²) in [6, 6.07) is 9.63. The monoisotopic (exact) mass is 365 g/mol. The SMILES string of the molecule is COc1ccccc1-n1cc(C(=O)N2CCCCC2c2ccn(C)n2)cn1. The number of methoxy groups -OCH3 is 1. The van der Waals surface area contributed by atoms with Crippen LogP contribution in [0, 0.1) is 0 Å². The zero-order valence-corrected chi connectivity index (χ0v) is 15.6. The average Bonchev–Trinajstić information content (AvgIpc) is 3.37. The highest BCUT2D eigenvalue weighted by Gasteiger charge is 2.30. The number of para-hydroxylation sites is 2. The first-order chi connectivity index (χ1) is 13.2. The van der Waals surface area contributed by atoms with Gasteiger partial charge in [-0.25, -0.2) is 4.68 Å². The molecule has 7 nitrogen and oxygen atoms in total. The number of carbonyl (C=O) groups is 1. The van der Waals surface area contributed by atoms with Crippen LogP contribution in [0.3, 0.4) is 0 Å². The lowest BCUT2D eigenvalue weighted by Gasteiger charge is -2.34. The molecule has 3 heterocycles. The fourth-order valence-corrected chi connectivity index (χ4v) is 3.64. The zero-order valence-electron chi connectivity index (χ0n) is 15.6. The molecule has 1 aliphatic rings. The molecule has 1 amide bonds. The topological polar surface area (TPSA) is 65.2 Å². The lowest BCUT2D eigenvalue weighted by Crippen LogP contribution is -2.38. The van der Waals surface area contributed by atoms with Gasteiger partial charge in [-0.2, -0.15) is 10.2 Å². The number of hydrogen-bond donors (Lipinski definition) is 0. The van der Waals surface area contributed by atoms with Crippen LogP contribution in [-0.2, 0) is 7.05 Å². The van der Waals surface area contributed by atoms with E-state index in [1.165, 1.54) is 0 Å². The van der Waals surface area contributed by atoms with Gasteiger partial charge < -0.3 is 9.64 Å². The predicted molar refractivity (Wildman–Crippen MR) is 101 cm³/mol. The third-order valence-electron chi connectivity index (χ3n) is 5.00. The summed E-state index contributed by atoms with van der Waals surface area (Å²) in [4.78, 5) is 15.1. The molecule has 0 saturated carbocycles. The smallest absolute Gasteiger partial charge is 0.257 e. The Morgan fingerprint density at radius 3 is 2.85 bits per heavy atom. The number of aryl methyl sites for hydroxylation is 1. The van der Waals surface area contributed by atoms with Crippen molar-refractivity contribution in [2.24, 2.45) is 7.05 Å². The van der Waals surface area contributed by atoms with Crippen LogP contribution in [0.1, 0.15) is 41.4 Å². The summed E-state index contributed by atoms with van der Waals surface area (Å²) in [6.45, 7) is 0.736. The number of piperidine rings is 1. The molecule has 27 heavy (non-hydrogen) atoms. The lowest BCUT2D eigenvalue weighted by molar-refractivity contribution is 0.0605. The van der Waals surface area contributed by atoms with Crippen molar-refractivity contribution in [1.82, 2.24) is 24.5 Å². The fourth-order valence-electron chi connectivity index (χ4n) is 3.64. The second-order valence-electron chi connectivity index (χ2n) is 6.77. The first-order valence-electron chi connectivity index (χ1n) is 9.16. The van der Waals surface area contributed by atoms with Gasteiger partial charge in [0, 0.05) is 26.0 Å². The molecule has 3 aromatic rings. The number of carbonyl (C=O) groups excluding carboxylic acids is 1. The first-order valence-corrected chi connectivity index (χ1v) is 9.16. The van der Waals surface area contributed by atoms with Crippen molar-refractivity contribution in [1.29, 1.82) is 0 Å². The molecule has 0 bridgehead atoms. The van der Waals surface area contributed by atoms with Crippen molar-refractivity contribution < 1.29 is 9.53 Å². The van der Waals surface area contributed by atoms with Crippen molar-refractivity contribution in [3.8, 4) is 11.4 Å². The Labute approximate surface area is 158 Å². The summed E-state index contributed by atoms with van der Waals surface area (Å²) < 4.78 is 8.87. The largest absolute Gasteiger partial charge is 0.494 e. The number of rotatable bonds is 4. The van der Waals surface area contributed by atoms with Gasteiger partial charge in [0.1, 0.15) is 11.4 Å². The average molecular weight is 365 g/mol. The van der Waals surface area contributed by atoms with Gasteiger partial charge in [-0.15, -0.1) is 0 Å². The molecule has 2 aromatic heterocycles. The number of aromatic nitrogens is 4. The molecule has 140 valence electrons. The van der Waals surface area contributed by atoms with E-state index in [1.807, 2.05) is 48.5 Å². The van der Waals surface area contributed by atoms with E-state index in [1.54, 1.807) is 28.9 Å². The van der Waals surface area contributed by atoms with Crippen LogP contribution >= 0.6 is 0 Å². The van der Waals surface area contributed by atoms with Crippen molar-refractivity contribution in [3.05, 3.63) is 60.2 Å². The van der Waals surface area contributed by atoms with Crippen molar-refractivity contribution in [2.75, 3.05) is 13.7 Å². The van der Waals surface area contributed by atoms with E-state index in [2.05, 4.69) is 10.2 Å². The maximum absolute atomic E-state index is 13.2. The molecule has 0 radical (unpaired) electrons. The maximum atomic E-state index is 13.2. The minimum Gasteiger partial charge on any atom is -0.494 e. The molecule has 1 saturated heterocycles. The van der Waals surface area contributed by atoms with Gasteiger partial charge >= 0.3 is 0 Å². The minimum atomic E-state index is -0.00787. The summed E-state index contributed by atoms with van der Waals surface area (Å²) in [6.07, 6.45) is 8.36. The molecule has 0 aliphatic carbocycles. The van der Waals surface area contributed by atoms with E-state index in [-0.39, 0.29) is 11.9 Å². The van der Waals surface area contributed by atoms with E-state index in [0.717, 1.165) is 37.2 Å².